The summed E-state index contributed by atoms with van der Waals surface area (Å²) in [6.07, 6.45) is -0.782. The van der Waals surface area contributed by atoms with E-state index in [0.29, 0.717) is 11.3 Å². The molecule has 0 aliphatic heterocycles. The molecule has 14 heteroatoms. The summed E-state index contributed by atoms with van der Waals surface area (Å²) in [4.78, 5) is 37.1. The van der Waals surface area contributed by atoms with Crippen LogP contribution in [0.3, 0.4) is 0 Å². The van der Waals surface area contributed by atoms with Gasteiger partial charge in [0.25, 0.3) is 0 Å². The number of nitrogens with two attached hydrogens (primary N) is 2. The van der Waals surface area contributed by atoms with E-state index in [2.05, 4.69) is 15.5 Å². The maximum absolute atomic E-state index is 13.6. The highest BCUT2D eigenvalue weighted by atomic mass is 19.1. The summed E-state index contributed by atoms with van der Waals surface area (Å²) in [6.45, 7) is 2.18. The standard InChI is InChI=1S/C24H29F2N7O5.CH4/c1-24(2,28)22(35)29-18(13-37-11-14-7-15(25)9-16(26)8-14)21-31-30-20-6-4-5-17(33(20)21)12-38-23(36)32(3)10-19(27)34;/h4-9,18H,10-13,28H2,1-3H3,(H2,27,34)(H,29,35);1H4/t18-;/m1./s1. The minimum absolute atomic E-state index is 0. The average molecular weight is 550 g/mol. The molecule has 0 saturated heterocycles. The maximum Gasteiger partial charge on any atom is 0.410 e. The van der Waals surface area contributed by atoms with Crippen LogP contribution in [0.25, 0.3) is 5.65 Å². The fourth-order valence-corrected chi connectivity index (χ4v) is 3.43. The van der Waals surface area contributed by atoms with E-state index in [1.807, 2.05) is 0 Å². The Balaban J connectivity index is 0.00000533. The van der Waals surface area contributed by atoms with Gasteiger partial charge >= 0.3 is 6.09 Å². The molecule has 0 spiro atoms. The van der Waals surface area contributed by atoms with Crippen molar-refractivity contribution in [1.29, 1.82) is 0 Å². The molecule has 0 aliphatic carbocycles. The van der Waals surface area contributed by atoms with Crippen LogP contribution < -0.4 is 16.8 Å². The van der Waals surface area contributed by atoms with Crippen LogP contribution in [-0.4, -0.2) is 63.1 Å². The van der Waals surface area contributed by atoms with Crippen molar-refractivity contribution in [2.24, 2.45) is 11.5 Å². The lowest BCUT2D eigenvalue weighted by molar-refractivity contribution is -0.126. The molecular formula is C25H33F2N7O5. The van der Waals surface area contributed by atoms with E-state index in [1.165, 1.54) is 20.9 Å². The van der Waals surface area contributed by atoms with E-state index >= 15 is 0 Å². The highest BCUT2D eigenvalue weighted by Gasteiger charge is 2.28. The van der Waals surface area contributed by atoms with Gasteiger partial charge in [-0.05, 0) is 43.7 Å². The Bertz CT molecular complexity index is 1310. The summed E-state index contributed by atoms with van der Waals surface area (Å²) in [5, 5.41) is 11.1. The Morgan fingerprint density at radius 1 is 1.13 bits per heavy atom. The summed E-state index contributed by atoms with van der Waals surface area (Å²) < 4.78 is 39.6. The lowest BCUT2D eigenvalue weighted by Crippen LogP contribution is -2.51. The molecule has 2 heterocycles. The number of hydrogen-bond acceptors (Lipinski definition) is 8. The third kappa shape index (κ3) is 8.41. The number of hydrogen-bond donors (Lipinski definition) is 3. The number of carbonyl (C=O) groups is 3. The zero-order valence-corrected chi connectivity index (χ0v) is 21.1. The van der Waals surface area contributed by atoms with Crippen LogP contribution in [-0.2, 0) is 32.3 Å². The van der Waals surface area contributed by atoms with E-state index in [0.717, 1.165) is 23.1 Å². The average Bonchev–Trinajstić information content (AvgIpc) is 3.25. The quantitative estimate of drug-likeness (QED) is 0.325. The molecule has 12 nitrogen and oxygen atoms in total. The summed E-state index contributed by atoms with van der Waals surface area (Å²) in [5.41, 5.74) is 10.9. The number of ether oxygens (including phenoxy) is 2. The largest absolute Gasteiger partial charge is 0.443 e. The second kappa shape index (κ2) is 13.1. The minimum atomic E-state index is -1.24. The van der Waals surface area contributed by atoms with Crippen LogP contribution in [0.2, 0.25) is 0 Å². The van der Waals surface area contributed by atoms with Crippen molar-refractivity contribution in [2.75, 3.05) is 20.2 Å². The predicted octanol–water partition coefficient (Wildman–Crippen LogP) is 1.81. The minimum Gasteiger partial charge on any atom is -0.443 e. The fourth-order valence-electron chi connectivity index (χ4n) is 3.43. The smallest absolute Gasteiger partial charge is 0.410 e. The van der Waals surface area contributed by atoms with Crippen LogP contribution in [0.4, 0.5) is 13.6 Å². The lowest BCUT2D eigenvalue weighted by Gasteiger charge is -2.24. The number of aromatic nitrogens is 3. The molecule has 0 radical (unpaired) electrons. The first-order valence-electron chi connectivity index (χ1n) is 11.5. The first-order chi connectivity index (χ1) is 17.8. The molecule has 39 heavy (non-hydrogen) atoms. The van der Waals surface area contributed by atoms with Crippen molar-refractivity contribution >= 4 is 23.6 Å². The Morgan fingerprint density at radius 3 is 2.41 bits per heavy atom. The number of amides is 3. The summed E-state index contributed by atoms with van der Waals surface area (Å²) >= 11 is 0. The van der Waals surface area contributed by atoms with Gasteiger partial charge < -0.3 is 31.2 Å². The molecular weight excluding hydrogens is 516 g/mol. The van der Waals surface area contributed by atoms with Gasteiger partial charge in [0.05, 0.1) is 24.4 Å². The molecule has 0 fully saturated rings. The Hall–Kier alpha value is -4.17. The Kier molecular flexibility index (Phi) is 10.4. The number of halogens is 2. The molecule has 1 aromatic carbocycles. The van der Waals surface area contributed by atoms with Gasteiger partial charge in [-0.1, -0.05) is 13.5 Å². The van der Waals surface area contributed by atoms with Crippen molar-refractivity contribution in [3.63, 3.8) is 0 Å². The van der Waals surface area contributed by atoms with Crippen molar-refractivity contribution in [2.45, 2.75) is 46.1 Å². The van der Waals surface area contributed by atoms with Gasteiger partial charge in [0.1, 0.15) is 30.8 Å². The monoisotopic (exact) mass is 549 g/mol. The topological polar surface area (TPSA) is 167 Å². The molecule has 5 N–H and O–H groups in total. The van der Waals surface area contributed by atoms with Crippen molar-refractivity contribution in [1.82, 2.24) is 24.8 Å². The number of nitrogens with zero attached hydrogens (tertiary/aromatic N) is 4. The summed E-state index contributed by atoms with van der Waals surface area (Å²) in [7, 11) is 1.36. The van der Waals surface area contributed by atoms with Gasteiger partial charge in [-0.3, -0.25) is 14.0 Å². The molecule has 0 unspecified atom stereocenters. The van der Waals surface area contributed by atoms with Crippen LogP contribution in [0, 0.1) is 11.6 Å². The number of primary amides is 1. The van der Waals surface area contributed by atoms with Gasteiger partial charge in [-0.15, -0.1) is 10.2 Å². The van der Waals surface area contributed by atoms with Crippen LogP contribution >= 0.6 is 0 Å². The number of benzene rings is 1. The Labute approximate surface area is 224 Å². The first-order valence-corrected chi connectivity index (χ1v) is 11.5. The van der Waals surface area contributed by atoms with Crippen LogP contribution in [0.5, 0.6) is 0 Å². The zero-order chi connectivity index (χ0) is 28.0. The first kappa shape index (κ1) is 31.1. The van der Waals surface area contributed by atoms with Gasteiger partial charge in [-0.2, -0.15) is 0 Å². The van der Waals surface area contributed by atoms with E-state index < -0.39 is 41.1 Å². The molecule has 3 amide bonds. The number of carbonyl (C=O) groups excluding carboxylic acids is 3. The number of fused-ring (bicyclic) bond motifs is 1. The molecule has 0 aliphatic rings. The second-order valence-electron chi connectivity index (χ2n) is 9.19. The van der Waals surface area contributed by atoms with Crippen molar-refractivity contribution in [3.8, 4) is 0 Å². The summed E-state index contributed by atoms with van der Waals surface area (Å²) in [6, 6.07) is 7.11. The summed E-state index contributed by atoms with van der Waals surface area (Å²) in [5.74, 6) is -2.48. The number of nitrogens with one attached hydrogen (secondary N) is 1. The second-order valence-corrected chi connectivity index (χ2v) is 9.19. The van der Waals surface area contributed by atoms with E-state index in [4.69, 9.17) is 20.9 Å². The molecule has 3 aromatic rings. The van der Waals surface area contributed by atoms with Crippen molar-refractivity contribution in [3.05, 3.63) is 65.1 Å². The SMILES string of the molecule is C.CN(CC(N)=O)C(=O)OCc1cccc2nnc([C@@H](COCc3cc(F)cc(F)c3)NC(=O)C(C)(C)N)n12. The van der Waals surface area contributed by atoms with Gasteiger partial charge in [-0.25, -0.2) is 13.6 Å². The van der Waals surface area contributed by atoms with Gasteiger partial charge in [0.15, 0.2) is 11.5 Å². The molecule has 212 valence electrons. The van der Waals surface area contributed by atoms with E-state index in [1.54, 1.807) is 22.6 Å². The van der Waals surface area contributed by atoms with Crippen LogP contribution in [0.15, 0.2) is 36.4 Å². The molecule has 0 saturated carbocycles. The third-order valence-electron chi connectivity index (χ3n) is 5.26. The van der Waals surface area contributed by atoms with E-state index in [9.17, 15) is 23.2 Å². The normalized spacial score (nSPS) is 11.9. The Morgan fingerprint density at radius 2 is 1.79 bits per heavy atom. The van der Waals surface area contributed by atoms with Crippen molar-refractivity contribution < 1.29 is 32.6 Å². The maximum atomic E-state index is 13.6. The number of rotatable bonds is 11. The highest BCUT2D eigenvalue weighted by Crippen LogP contribution is 2.19. The van der Waals surface area contributed by atoms with Crippen LogP contribution in [0.1, 0.15) is 44.4 Å². The predicted molar refractivity (Wildman–Crippen MR) is 137 cm³/mol. The number of likely N-dealkylation sites (N-methyl/N-ethyl adjacent to an activating group) is 1. The molecule has 0 bridgehead atoms. The molecule has 3 rings (SSSR count). The molecule has 2 aromatic heterocycles. The lowest BCUT2D eigenvalue weighted by atomic mass is 10.1. The van der Waals surface area contributed by atoms with Gasteiger partial charge in [0.2, 0.25) is 11.8 Å². The van der Waals surface area contributed by atoms with E-state index in [-0.39, 0.29) is 45.2 Å². The number of pyridine rings is 1. The third-order valence-corrected chi connectivity index (χ3v) is 5.26. The highest BCUT2D eigenvalue weighted by molar-refractivity contribution is 5.85. The molecule has 1 atom stereocenters. The fraction of sp³-hybridized carbons (Fsp3) is 0.400. The zero-order valence-electron chi connectivity index (χ0n) is 21.1. The van der Waals surface area contributed by atoms with Gasteiger partial charge in [0, 0.05) is 13.1 Å².